The molecular weight excluding hydrogens is 456 g/mol. The lowest BCUT2D eigenvalue weighted by molar-refractivity contribution is -0.123. The number of hydrogen-bond donors (Lipinski definition) is 2. The molecule has 0 aliphatic rings. The number of hydrazine groups is 1. The molecule has 160 valence electrons. The zero-order valence-corrected chi connectivity index (χ0v) is 18.3. The second-order valence-corrected chi connectivity index (χ2v) is 6.94. The fraction of sp³-hybridized carbons (Fsp3) is 0.286. The minimum Gasteiger partial charge on any atom is -0.493 e. The van der Waals surface area contributed by atoms with E-state index in [0.717, 1.165) is 6.42 Å². The highest BCUT2D eigenvalue weighted by atomic mass is 79.9. The Hall–Kier alpha value is -3.07. The number of ether oxygens (including phenoxy) is 3. The Balaban J connectivity index is 1.85. The molecule has 0 unspecified atom stereocenters. The van der Waals surface area contributed by atoms with Gasteiger partial charge in [0.2, 0.25) is 0 Å². The van der Waals surface area contributed by atoms with Crippen molar-refractivity contribution in [3.8, 4) is 11.5 Å². The van der Waals surface area contributed by atoms with Crippen LogP contribution in [0.5, 0.6) is 11.5 Å². The first kappa shape index (κ1) is 23.2. The number of carbonyl (C=O) groups excluding carboxylic acids is 3. The molecule has 0 heterocycles. The van der Waals surface area contributed by atoms with Gasteiger partial charge in [0.15, 0.2) is 6.61 Å². The molecule has 9 heteroatoms. The van der Waals surface area contributed by atoms with Crippen molar-refractivity contribution in [3.05, 3.63) is 58.1 Å². The molecule has 0 aliphatic carbocycles. The molecule has 2 amide bonds. The third-order valence-corrected chi connectivity index (χ3v) is 4.19. The summed E-state index contributed by atoms with van der Waals surface area (Å²) in [5, 5.41) is 0. The third kappa shape index (κ3) is 7.07. The summed E-state index contributed by atoms with van der Waals surface area (Å²) in [6, 6.07) is 11.2. The summed E-state index contributed by atoms with van der Waals surface area (Å²) < 4.78 is 16.5. The van der Waals surface area contributed by atoms with Crippen LogP contribution < -0.4 is 20.3 Å². The molecule has 0 saturated carbocycles. The molecule has 2 rings (SSSR count). The van der Waals surface area contributed by atoms with Crippen LogP contribution in [0.3, 0.4) is 0 Å². The Morgan fingerprint density at radius 1 is 0.967 bits per heavy atom. The first-order valence-electron chi connectivity index (χ1n) is 9.36. The number of hydrogen-bond acceptors (Lipinski definition) is 6. The van der Waals surface area contributed by atoms with Crippen LogP contribution >= 0.6 is 15.9 Å². The molecule has 8 nitrogen and oxygen atoms in total. The molecule has 0 saturated heterocycles. The minimum absolute atomic E-state index is 0.286. The van der Waals surface area contributed by atoms with Gasteiger partial charge in [0, 0.05) is 4.47 Å². The monoisotopic (exact) mass is 478 g/mol. The van der Waals surface area contributed by atoms with E-state index in [9.17, 15) is 14.4 Å². The Kier molecular flexibility index (Phi) is 9.14. The molecule has 0 bridgehead atoms. The largest absolute Gasteiger partial charge is 0.493 e. The summed E-state index contributed by atoms with van der Waals surface area (Å²) in [6.45, 7) is 4.12. The van der Waals surface area contributed by atoms with Crippen molar-refractivity contribution in [1.29, 1.82) is 0 Å². The molecule has 0 spiro atoms. The maximum absolute atomic E-state index is 12.4. The summed E-state index contributed by atoms with van der Waals surface area (Å²) >= 11 is 3.31. The second-order valence-electron chi connectivity index (χ2n) is 6.02. The molecule has 2 aromatic rings. The van der Waals surface area contributed by atoms with Crippen molar-refractivity contribution in [1.82, 2.24) is 10.9 Å². The van der Waals surface area contributed by atoms with Gasteiger partial charge in [0.05, 0.1) is 24.3 Å². The summed E-state index contributed by atoms with van der Waals surface area (Å²) in [7, 11) is 0. The van der Waals surface area contributed by atoms with Gasteiger partial charge in [-0.25, -0.2) is 4.79 Å². The second kappa shape index (κ2) is 11.8. The lowest BCUT2D eigenvalue weighted by atomic mass is 10.2. The molecule has 2 N–H and O–H groups in total. The maximum Gasteiger partial charge on any atom is 0.338 e. The lowest BCUT2D eigenvalue weighted by Crippen LogP contribution is -2.44. The average Bonchev–Trinajstić information content (AvgIpc) is 2.75. The topological polar surface area (TPSA) is 103 Å². The summed E-state index contributed by atoms with van der Waals surface area (Å²) in [5.74, 6) is -0.686. The molecule has 0 atom stereocenters. The number of nitrogens with one attached hydrogen (secondary N) is 2. The van der Waals surface area contributed by atoms with Gasteiger partial charge in [0.25, 0.3) is 11.8 Å². The third-order valence-electron chi connectivity index (χ3n) is 3.70. The van der Waals surface area contributed by atoms with Gasteiger partial charge in [-0.2, -0.15) is 0 Å². The van der Waals surface area contributed by atoms with E-state index in [2.05, 4.69) is 26.8 Å². The van der Waals surface area contributed by atoms with Crippen molar-refractivity contribution < 1.29 is 28.6 Å². The van der Waals surface area contributed by atoms with Crippen LogP contribution in [-0.2, 0) is 9.53 Å². The molecule has 0 radical (unpaired) electrons. The van der Waals surface area contributed by atoms with Crippen molar-refractivity contribution in [2.75, 3.05) is 19.8 Å². The summed E-state index contributed by atoms with van der Waals surface area (Å²) in [6.07, 6.45) is 0.798. The number of esters is 1. The molecule has 0 fully saturated rings. The van der Waals surface area contributed by atoms with Gasteiger partial charge in [-0.3, -0.25) is 20.4 Å². The van der Waals surface area contributed by atoms with Gasteiger partial charge >= 0.3 is 5.97 Å². The van der Waals surface area contributed by atoms with E-state index in [-0.39, 0.29) is 18.8 Å². The SMILES string of the molecule is CCCOc1ccc(Br)cc1C(=O)NNC(=O)COc1ccc(C(=O)OCC)cc1. The Bertz CT molecular complexity index is 886. The van der Waals surface area contributed by atoms with Gasteiger partial charge < -0.3 is 14.2 Å². The standard InChI is InChI=1S/C21H23BrN2O6/c1-3-11-29-18-10-7-15(22)12-17(18)20(26)24-23-19(25)13-30-16-8-5-14(6-9-16)21(27)28-4-2/h5-10,12H,3-4,11,13H2,1-2H3,(H,23,25)(H,24,26). The lowest BCUT2D eigenvalue weighted by Gasteiger charge is -2.13. The van der Waals surface area contributed by atoms with Crippen LogP contribution in [0.4, 0.5) is 0 Å². The molecular formula is C21H23BrN2O6. The minimum atomic E-state index is -0.552. The van der Waals surface area contributed by atoms with Crippen LogP contribution in [0, 0.1) is 0 Å². The molecule has 2 aromatic carbocycles. The molecule has 30 heavy (non-hydrogen) atoms. The van der Waals surface area contributed by atoms with Crippen LogP contribution in [0.15, 0.2) is 46.9 Å². The van der Waals surface area contributed by atoms with Crippen LogP contribution in [-0.4, -0.2) is 37.6 Å². The maximum atomic E-state index is 12.4. The number of carbonyl (C=O) groups is 3. The van der Waals surface area contributed by atoms with Crippen molar-refractivity contribution >= 4 is 33.7 Å². The predicted molar refractivity (Wildman–Crippen MR) is 113 cm³/mol. The zero-order chi connectivity index (χ0) is 21.9. The van der Waals surface area contributed by atoms with E-state index in [1.165, 1.54) is 12.1 Å². The summed E-state index contributed by atoms with van der Waals surface area (Å²) in [5.41, 5.74) is 5.30. The predicted octanol–water partition coefficient (Wildman–Crippen LogP) is 3.25. The Labute approximate surface area is 183 Å². The number of amides is 2. The highest BCUT2D eigenvalue weighted by Gasteiger charge is 2.14. The molecule has 0 aliphatic heterocycles. The smallest absolute Gasteiger partial charge is 0.338 e. The normalized spacial score (nSPS) is 10.1. The van der Waals surface area contributed by atoms with E-state index in [0.29, 0.717) is 28.1 Å². The first-order valence-corrected chi connectivity index (χ1v) is 10.1. The van der Waals surface area contributed by atoms with Gasteiger partial charge in [-0.05, 0) is 55.8 Å². The highest BCUT2D eigenvalue weighted by Crippen LogP contribution is 2.23. The fourth-order valence-electron chi connectivity index (χ4n) is 2.30. The molecule has 0 aromatic heterocycles. The highest BCUT2D eigenvalue weighted by molar-refractivity contribution is 9.10. The average molecular weight is 479 g/mol. The van der Waals surface area contributed by atoms with Crippen molar-refractivity contribution in [2.45, 2.75) is 20.3 Å². The van der Waals surface area contributed by atoms with E-state index >= 15 is 0 Å². The van der Waals surface area contributed by atoms with Crippen LogP contribution in [0.1, 0.15) is 41.0 Å². The summed E-state index contributed by atoms with van der Waals surface area (Å²) in [4.78, 5) is 36.0. The van der Waals surface area contributed by atoms with E-state index in [1.807, 2.05) is 6.92 Å². The first-order chi connectivity index (χ1) is 14.4. The van der Waals surface area contributed by atoms with Crippen molar-refractivity contribution in [3.63, 3.8) is 0 Å². The van der Waals surface area contributed by atoms with Gasteiger partial charge in [-0.1, -0.05) is 22.9 Å². The van der Waals surface area contributed by atoms with E-state index in [1.54, 1.807) is 37.3 Å². The number of halogens is 1. The zero-order valence-electron chi connectivity index (χ0n) is 16.7. The van der Waals surface area contributed by atoms with Crippen LogP contribution in [0.2, 0.25) is 0 Å². The van der Waals surface area contributed by atoms with Crippen LogP contribution in [0.25, 0.3) is 0 Å². The fourth-order valence-corrected chi connectivity index (χ4v) is 2.66. The Morgan fingerprint density at radius 3 is 2.37 bits per heavy atom. The number of benzene rings is 2. The Morgan fingerprint density at radius 2 is 1.70 bits per heavy atom. The van der Waals surface area contributed by atoms with Gasteiger partial charge in [-0.15, -0.1) is 0 Å². The number of rotatable bonds is 9. The quantitative estimate of drug-likeness (QED) is 0.423. The van der Waals surface area contributed by atoms with E-state index in [4.69, 9.17) is 14.2 Å². The van der Waals surface area contributed by atoms with Gasteiger partial charge in [0.1, 0.15) is 11.5 Å². The van der Waals surface area contributed by atoms with E-state index < -0.39 is 17.8 Å². The van der Waals surface area contributed by atoms with Crippen molar-refractivity contribution in [2.24, 2.45) is 0 Å².